The van der Waals surface area contributed by atoms with Crippen molar-refractivity contribution in [3.63, 3.8) is 0 Å². The van der Waals surface area contributed by atoms with Gasteiger partial charge in [-0.3, -0.25) is 10.1 Å². The molecule has 2 aromatic carbocycles. The van der Waals surface area contributed by atoms with Gasteiger partial charge in [-0.1, -0.05) is 24.3 Å². The molecule has 0 fully saturated rings. The summed E-state index contributed by atoms with van der Waals surface area (Å²) in [4.78, 5) is 26.4. The first-order valence-electron chi connectivity index (χ1n) is 8.51. The van der Waals surface area contributed by atoms with Gasteiger partial charge in [0.1, 0.15) is 5.82 Å². The molecular formula is C20H19N3O4. The lowest BCUT2D eigenvalue weighted by Crippen LogP contribution is -1.99. The number of aryl methyl sites for hydroxylation is 1. The second-order valence-corrected chi connectivity index (χ2v) is 6.02. The molecule has 0 atom stereocenters. The number of aromatic nitrogens is 2. The first-order valence-corrected chi connectivity index (χ1v) is 8.51. The molecule has 0 aliphatic rings. The van der Waals surface area contributed by atoms with Crippen molar-refractivity contribution in [2.45, 2.75) is 13.3 Å². The SMILES string of the molecule is CCOC(=O)/C=C/c1ccc(Cc2nc3cc([N+](=O)[O-])ccc3n2C)cc1. The number of imidazole rings is 1. The zero-order valence-electron chi connectivity index (χ0n) is 15.1. The minimum atomic E-state index is -0.420. The van der Waals surface area contributed by atoms with Crippen LogP contribution in [0.5, 0.6) is 0 Å². The minimum absolute atomic E-state index is 0.0323. The van der Waals surface area contributed by atoms with Gasteiger partial charge in [0.25, 0.3) is 5.69 Å². The third-order valence-electron chi connectivity index (χ3n) is 4.21. The van der Waals surface area contributed by atoms with Crippen LogP contribution in [0.25, 0.3) is 17.1 Å². The summed E-state index contributed by atoms with van der Waals surface area (Å²) in [6.07, 6.45) is 3.70. The highest BCUT2D eigenvalue weighted by molar-refractivity contribution is 5.87. The monoisotopic (exact) mass is 365 g/mol. The number of benzene rings is 2. The highest BCUT2D eigenvalue weighted by Gasteiger charge is 2.13. The van der Waals surface area contributed by atoms with Crippen molar-refractivity contribution in [3.05, 3.63) is 75.6 Å². The van der Waals surface area contributed by atoms with Gasteiger partial charge in [0.2, 0.25) is 0 Å². The molecule has 0 aliphatic carbocycles. The average Bonchev–Trinajstić information content (AvgIpc) is 2.96. The van der Waals surface area contributed by atoms with Crippen molar-refractivity contribution in [1.29, 1.82) is 0 Å². The first kappa shape index (κ1) is 18.3. The van der Waals surface area contributed by atoms with Crippen molar-refractivity contribution in [2.24, 2.45) is 7.05 Å². The number of rotatable bonds is 6. The van der Waals surface area contributed by atoms with Gasteiger partial charge in [-0.2, -0.15) is 0 Å². The molecule has 7 heteroatoms. The van der Waals surface area contributed by atoms with Crippen LogP contribution in [-0.2, 0) is 23.0 Å². The minimum Gasteiger partial charge on any atom is -0.463 e. The number of carbonyl (C=O) groups is 1. The van der Waals surface area contributed by atoms with Crippen LogP contribution in [-0.4, -0.2) is 27.1 Å². The molecular weight excluding hydrogens is 346 g/mol. The summed E-state index contributed by atoms with van der Waals surface area (Å²) in [5, 5.41) is 10.9. The van der Waals surface area contributed by atoms with Gasteiger partial charge in [-0.25, -0.2) is 9.78 Å². The molecule has 1 aromatic heterocycles. The first-order chi connectivity index (χ1) is 13.0. The summed E-state index contributed by atoms with van der Waals surface area (Å²) in [6, 6.07) is 12.4. The largest absolute Gasteiger partial charge is 0.463 e. The Morgan fingerprint density at radius 3 is 2.67 bits per heavy atom. The lowest BCUT2D eigenvalue weighted by Gasteiger charge is -2.03. The second-order valence-electron chi connectivity index (χ2n) is 6.02. The number of carbonyl (C=O) groups excluding carboxylic acids is 1. The fraction of sp³-hybridized carbons (Fsp3) is 0.200. The van der Waals surface area contributed by atoms with E-state index in [1.54, 1.807) is 19.1 Å². The van der Waals surface area contributed by atoms with Gasteiger partial charge < -0.3 is 9.30 Å². The maximum atomic E-state index is 11.4. The number of nitro benzene ring substituents is 1. The molecule has 0 saturated carbocycles. The van der Waals surface area contributed by atoms with E-state index in [4.69, 9.17) is 4.74 Å². The summed E-state index contributed by atoms with van der Waals surface area (Å²) < 4.78 is 6.79. The zero-order chi connectivity index (χ0) is 19.4. The Hall–Kier alpha value is -3.48. The quantitative estimate of drug-likeness (QED) is 0.288. The fourth-order valence-electron chi connectivity index (χ4n) is 2.79. The van der Waals surface area contributed by atoms with Crippen LogP contribution in [0.4, 0.5) is 5.69 Å². The third-order valence-corrected chi connectivity index (χ3v) is 4.21. The van der Waals surface area contributed by atoms with Crippen molar-refractivity contribution >= 4 is 28.8 Å². The Morgan fingerprint density at radius 1 is 1.26 bits per heavy atom. The maximum Gasteiger partial charge on any atom is 0.330 e. The lowest BCUT2D eigenvalue weighted by atomic mass is 10.1. The molecule has 0 amide bonds. The molecule has 0 bridgehead atoms. The van der Waals surface area contributed by atoms with Gasteiger partial charge in [0.05, 0.1) is 22.6 Å². The maximum absolute atomic E-state index is 11.4. The number of fused-ring (bicyclic) bond motifs is 1. The molecule has 0 spiro atoms. The van der Waals surface area contributed by atoms with Crippen molar-refractivity contribution in [2.75, 3.05) is 6.61 Å². The van der Waals surface area contributed by atoms with E-state index in [1.807, 2.05) is 35.9 Å². The van der Waals surface area contributed by atoms with E-state index in [-0.39, 0.29) is 11.7 Å². The van der Waals surface area contributed by atoms with Crippen molar-refractivity contribution in [3.8, 4) is 0 Å². The van der Waals surface area contributed by atoms with E-state index in [0.29, 0.717) is 18.5 Å². The Labute approximate surface area is 156 Å². The van der Waals surface area contributed by atoms with E-state index in [1.165, 1.54) is 18.2 Å². The Bertz CT molecular complexity index is 1020. The van der Waals surface area contributed by atoms with Crippen LogP contribution in [0.3, 0.4) is 0 Å². The predicted molar refractivity (Wildman–Crippen MR) is 102 cm³/mol. The van der Waals surface area contributed by atoms with E-state index in [0.717, 1.165) is 22.5 Å². The standard InChI is InChI=1S/C20H19N3O4/c1-3-27-20(24)11-8-14-4-6-15(7-5-14)12-19-21-17-13-16(23(25)26)9-10-18(17)22(19)2/h4-11,13H,3,12H2,1-2H3/b11-8+. The normalized spacial score (nSPS) is 11.2. The van der Waals surface area contributed by atoms with Crippen LogP contribution < -0.4 is 0 Å². The Kier molecular flexibility index (Phi) is 5.30. The molecule has 0 unspecified atom stereocenters. The van der Waals surface area contributed by atoms with Gasteiger partial charge in [0, 0.05) is 31.7 Å². The van der Waals surface area contributed by atoms with Crippen LogP contribution in [0, 0.1) is 10.1 Å². The molecule has 0 saturated heterocycles. The molecule has 3 aromatic rings. The fourth-order valence-corrected chi connectivity index (χ4v) is 2.79. The zero-order valence-corrected chi connectivity index (χ0v) is 15.1. The van der Waals surface area contributed by atoms with E-state index >= 15 is 0 Å². The van der Waals surface area contributed by atoms with Gasteiger partial charge in [-0.15, -0.1) is 0 Å². The second kappa shape index (κ2) is 7.82. The van der Waals surface area contributed by atoms with E-state index in [2.05, 4.69) is 4.98 Å². The van der Waals surface area contributed by atoms with Gasteiger partial charge in [0.15, 0.2) is 0 Å². The van der Waals surface area contributed by atoms with Crippen molar-refractivity contribution in [1.82, 2.24) is 9.55 Å². The van der Waals surface area contributed by atoms with E-state index in [9.17, 15) is 14.9 Å². The number of hydrogen-bond donors (Lipinski definition) is 0. The number of nitro groups is 1. The average molecular weight is 365 g/mol. The van der Waals surface area contributed by atoms with E-state index < -0.39 is 4.92 Å². The number of non-ortho nitro benzene ring substituents is 1. The molecule has 7 nitrogen and oxygen atoms in total. The number of esters is 1. The highest BCUT2D eigenvalue weighted by atomic mass is 16.6. The predicted octanol–water partition coefficient (Wildman–Crippen LogP) is 3.65. The molecule has 27 heavy (non-hydrogen) atoms. The Morgan fingerprint density at radius 2 is 2.00 bits per heavy atom. The summed E-state index contributed by atoms with van der Waals surface area (Å²) in [7, 11) is 1.90. The molecule has 3 rings (SSSR count). The molecule has 0 aliphatic heterocycles. The smallest absolute Gasteiger partial charge is 0.330 e. The van der Waals surface area contributed by atoms with Crippen molar-refractivity contribution < 1.29 is 14.5 Å². The molecule has 0 N–H and O–H groups in total. The lowest BCUT2D eigenvalue weighted by molar-refractivity contribution is -0.384. The van der Waals surface area contributed by atoms with Crippen LogP contribution in [0.2, 0.25) is 0 Å². The molecule has 0 radical (unpaired) electrons. The number of ether oxygens (including phenoxy) is 1. The molecule has 1 heterocycles. The topological polar surface area (TPSA) is 87.3 Å². The Balaban J connectivity index is 1.78. The van der Waals surface area contributed by atoms with Crippen LogP contribution in [0.15, 0.2) is 48.5 Å². The van der Waals surface area contributed by atoms with Gasteiger partial charge >= 0.3 is 5.97 Å². The summed E-state index contributed by atoms with van der Waals surface area (Å²) in [5.74, 6) is 0.454. The third kappa shape index (κ3) is 4.20. The summed E-state index contributed by atoms with van der Waals surface area (Å²) >= 11 is 0. The molecule has 138 valence electrons. The number of nitrogens with zero attached hydrogens (tertiary/aromatic N) is 3. The van der Waals surface area contributed by atoms with Gasteiger partial charge in [-0.05, 0) is 30.2 Å². The van der Waals surface area contributed by atoms with Crippen LogP contribution in [0.1, 0.15) is 23.9 Å². The van der Waals surface area contributed by atoms with Crippen LogP contribution >= 0.6 is 0 Å². The number of hydrogen-bond acceptors (Lipinski definition) is 5. The summed E-state index contributed by atoms with van der Waals surface area (Å²) in [5.41, 5.74) is 3.44. The highest BCUT2D eigenvalue weighted by Crippen LogP contribution is 2.22. The summed E-state index contributed by atoms with van der Waals surface area (Å²) in [6.45, 7) is 2.11.